The molecule has 0 fully saturated rings. The van der Waals surface area contributed by atoms with Crippen LogP contribution in [0.2, 0.25) is 0 Å². The third-order valence-electron chi connectivity index (χ3n) is 7.02. The van der Waals surface area contributed by atoms with Crippen LogP contribution in [0.5, 0.6) is 0 Å². The van der Waals surface area contributed by atoms with Gasteiger partial charge in [0.05, 0.1) is 12.2 Å². The average molecular weight is 578 g/mol. The summed E-state index contributed by atoms with van der Waals surface area (Å²) in [6.07, 6.45) is 24.2. The maximum absolute atomic E-state index is 12.2. The summed E-state index contributed by atoms with van der Waals surface area (Å²) in [7, 11) is 0. The molecule has 41 heavy (non-hydrogen) atoms. The minimum atomic E-state index is -0.906. The first-order chi connectivity index (χ1) is 20.0. The Morgan fingerprint density at radius 1 is 0.683 bits per heavy atom. The van der Waals surface area contributed by atoms with E-state index in [4.69, 9.17) is 14.6 Å². The van der Waals surface area contributed by atoms with Crippen molar-refractivity contribution in [3.05, 3.63) is 29.8 Å². The summed E-state index contributed by atoms with van der Waals surface area (Å²) in [4.78, 5) is 24.0. The normalized spacial score (nSPS) is 11.3. The van der Waals surface area contributed by atoms with E-state index >= 15 is 0 Å². The van der Waals surface area contributed by atoms with Gasteiger partial charge in [-0.3, -0.25) is 0 Å². The van der Waals surface area contributed by atoms with Gasteiger partial charge in [-0.2, -0.15) is 0 Å². The molecule has 1 aromatic rings. The number of benzene rings is 1. The van der Waals surface area contributed by atoms with Crippen molar-refractivity contribution in [2.45, 2.75) is 156 Å². The zero-order valence-corrected chi connectivity index (χ0v) is 27.0. The van der Waals surface area contributed by atoms with Crippen LogP contribution in [0.4, 0.5) is 5.69 Å². The summed E-state index contributed by atoms with van der Waals surface area (Å²) in [6, 6.07) is 7.21. The molecule has 6 nitrogen and oxygen atoms in total. The molecule has 0 aliphatic heterocycles. The van der Waals surface area contributed by atoms with Gasteiger partial charge >= 0.3 is 11.9 Å². The Bertz CT molecular complexity index is 720. The molecule has 0 bridgehead atoms. The maximum atomic E-state index is 12.2. The minimum Gasteiger partial charge on any atom is -0.463 e. The van der Waals surface area contributed by atoms with Gasteiger partial charge in [-0.05, 0) is 50.5 Å². The van der Waals surface area contributed by atoms with Crippen molar-refractivity contribution in [2.75, 3.05) is 25.1 Å². The lowest BCUT2D eigenvalue weighted by Crippen LogP contribution is -2.26. The SMILES string of the molecule is CCCCCCCCCCCCCCCCCCCNc1ccc(C(=O)OC(C)C(=O)OCCC)cc1.CCCO. The number of aliphatic hydroxyl groups is 1. The molecule has 0 aliphatic carbocycles. The molecule has 1 aromatic carbocycles. The van der Waals surface area contributed by atoms with Crippen molar-refractivity contribution in [1.82, 2.24) is 0 Å². The lowest BCUT2D eigenvalue weighted by Gasteiger charge is -2.13. The van der Waals surface area contributed by atoms with E-state index < -0.39 is 18.0 Å². The molecule has 2 N–H and O–H groups in total. The zero-order valence-electron chi connectivity index (χ0n) is 27.0. The van der Waals surface area contributed by atoms with Crippen molar-refractivity contribution in [3.8, 4) is 0 Å². The molecular weight excluding hydrogens is 514 g/mol. The van der Waals surface area contributed by atoms with Gasteiger partial charge < -0.3 is 19.9 Å². The fourth-order valence-electron chi connectivity index (χ4n) is 4.40. The molecule has 1 atom stereocenters. The number of carbonyl (C=O) groups is 2. The van der Waals surface area contributed by atoms with Crippen LogP contribution in [-0.4, -0.2) is 42.9 Å². The van der Waals surface area contributed by atoms with Gasteiger partial charge in [0.25, 0.3) is 0 Å². The Balaban J connectivity index is 0.00000373. The predicted octanol–water partition coefficient (Wildman–Crippen LogP) is 9.64. The number of aliphatic hydroxyl groups excluding tert-OH is 1. The molecule has 0 heterocycles. The molecule has 0 saturated carbocycles. The van der Waals surface area contributed by atoms with Gasteiger partial charge in [0, 0.05) is 18.8 Å². The number of hydrogen-bond donors (Lipinski definition) is 2. The van der Waals surface area contributed by atoms with E-state index in [1.165, 1.54) is 110 Å². The molecule has 1 rings (SSSR count). The second-order valence-electron chi connectivity index (χ2n) is 11.1. The van der Waals surface area contributed by atoms with E-state index in [0.29, 0.717) is 18.8 Å². The van der Waals surface area contributed by atoms with E-state index in [1.807, 2.05) is 26.0 Å². The molecule has 6 heteroatoms. The highest BCUT2D eigenvalue weighted by Crippen LogP contribution is 2.15. The zero-order chi connectivity index (χ0) is 30.4. The molecule has 238 valence electrons. The number of carbonyl (C=O) groups excluding carboxylic acids is 2. The summed E-state index contributed by atoms with van der Waals surface area (Å²) in [5, 5.41) is 11.3. The van der Waals surface area contributed by atoms with Crippen molar-refractivity contribution in [2.24, 2.45) is 0 Å². The number of ether oxygens (including phenoxy) is 2. The number of nitrogens with one attached hydrogen (secondary N) is 1. The van der Waals surface area contributed by atoms with Crippen molar-refractivity contribution in [1.29, 1.82) is 0 Å². The molecule has 0 amide bonds. The third kappa shape index (κ3) is 24.2. The van der Waals surface area contributed by atoms with Crippen LogP contribution in [0.1, 0.15) is 160 Å². The second kappa shape index (κ2) is 29.4. The van der Waals surface area contributed by atoms with E-state index in [1.54, 1.807) is 12.1 Å². The van der Waals surface area contributed by atoms with Crippen molar-refractivity contribution >= 4 is 17.6 Å². The number of hydrogen-bond acceptors (Lipinski definition) is 6. The largest absolute Gasteiger partial charge is 0.463 e. The number of unbranched alkanes of at least 4 members (excludes halogenated alkanes) is 16. The topological polar surface area (TPSA) is 84.9 Å². The molecule has 0 saturated heterocycles. The number of esters is 2. The monoisotopic (exact) mass is 577 g/mol. The highest BCUT2D eigenvalue weighted by Gasteiger charge is 2.20. The van der Waals surface area contributed by atoms with Crippen LogP contribution < -0.4 is 5.32 Å². The lowest BCUT2D eigenvalue weighted by molar-refractivity contribution is -0.153. The fourth-order valence-corrected chi connectivity index (χ4v) is 4.40. The predicted molar refractivity (Wildman–Crippen MR) is 173 cm³/mol. The quantitative estimate of drug-likeness (QED) is 0.0889. The Hall–Kier alpha value is -2.08. The van der Waals surface area contributed by atoms with E-state index in [-0.39, 0.29) is 0 Å². The number of anilines is 1. The Labute approximate surface area is 252 Å². The first-order valence-corrected chi connectivity index (χ1v) is 16.8. The number of rotatable bonds is 25. The van der Waals surface area contributed by atoms with Crippen LogP contribution in [0.3, 0.4) is 0 Å². The van der Waals surface area contributed by atoms with Gasteiger partial charge in [0.15, 0.2) is 6.10 Å². The van der Waals surface area contributed by atoms with Gasteiger partial charge in [-0.15, -0.1) is 0 Å². The van der Waals surface area contributed by atoms with Crippen molar-refractivity contribution in [3.63, 3.8) is 0 Å². The van der Waals surface area contributed by atoms with Gasteiger partial charge in [-0.25, -0.2) is 9.59 Å². The van der Waals surface area contributed by atoms with Crippen LogP contribution in [0.15, 0.2) is 24.3 Å². The highest BCUT2D eigenvalue weighted by molar-refractivity contribution is 5.91. The van der Waals surface area contributed by atoms with Crippen LogP contribution >= 0.6 is 0 Å². The molecule has 0 aliphatic rings. The van der Waals surface area contributed by atoms with Crippen molar-refractivity contribution < 1.29 is 24.2 Å². The minimum absolute atomic E-state index is 0.319. The van der Waals surface area contributed by atoms with E-state index in [9.17, 15) is 9.59 Å². The van der Waals surface area contributed by atoms with E-state index in [0.717, 1.165) is 31.5 Å². The highest BCUT2D eigenvalue weighted by atomic mass is 16.6. The summed E-state index contributed by atoms with van der Waals surface area (Å²) >= 11 is 0. The van der Waals surface area contributed by atoms with Crippen LogP contribution in [0, 0.1) is 0 Å². The Morgan fingerprint density at radius 2 is 1.12 bits per heavy atom. The maximum Gasteiger partial charge on any atom is 0.347 e. The first kappa shape index (κ1) is 38.9. The first-order valence-electron chi connectivity index (χ1n) is 16.8. The average Bonchev–Trinajstić information content (AvgIpc) is 2.99. The lowest BCUT2D eigenvalue weighted by atomic mass is 10.0. The fraction of sp³-hybridized carbons (Fsp3) is 0.771. The molecule has 0 spiro atoms. The Kier molecular flexibility index (Phi) is 27.9. The van der Waals surface area contributed by atoms with Gasteiger partial charge in [0.1, 0.15) is 0 Å². The van der Waals surface area contributed by atoms with Crippen LogP contribution in [-0.2, 0) is 14.3 Å². The molecule has 0 radical (unpaired) electrons. The summed E-state index contributed by atoms with van der Waals surface area (Å²) in [6.45, 7) is 9.25. The van der Waals surface area contributed by atoms with Gasteiger partial charge in [0.2, 0.25) is 0 Å². The molecular formula is C35H63NO5. The third-order valence-corrected chi connectivity index (χ3v) is 7.02. The molecule has 1 unspecified atom stereocenters. The second-order valence-corrected chi connectivity index (χ2v) is 11.1. The van der Waals surface area contributed by atoms with Crippen LogP contribution in [0.25, 0.3) is 0 Å². The van der Waals surface area contributed by atoms with E-state index in [2.05, 4.69) is 12.2 Å². The smallest absolute Gasteiger partial charge is 0.347 e. The summed E-state index contributed by atoms with van der Waals surface area (Å²) in [5.41, 5.74) is 1.42. The summed E-state index contributed by atoms with van der Waals surface area (Å²) in [5.74, 6) is -1.02. The molecule has 0 aromatic heterocycles. The summed E-state index contributed by atoms with van der Waals surface area (Å²) < 4.78 is 10.2. The standard InChI is InChI=1S/C32H55NO4.C3H8O/c1-4-6-7-8-9-10-11-12-13-14-15-16-17-18-19-20-21-26-33-30-24-22-29(23-25-30)32(35)37-28(3)31(34)36-27-5-2;1-2-3-4/h22-25,28,33H,4-21,26-27H2,1-3H3;4H,2-3H2,1H3. The van der Waals surface area contributed by atoms with Gasteiger partial charge in [-0.1, -0.05) is 124 Å². The Morgan fingerprint density at radius 3 is 1.54 bits per heavy atom.